The normalized spacial score (nSPS) is 30.1. The highest BCUT2D eigenvalue weighted by Crippen LogP contribution is 2.56. The molecular formula is C20H28O2. The zero-order valence-corrected chi connectivity index (χ0v) is 14.5. The molecule has 0 aromatic heterocycles. The molecule has 22 heavy (non-hydrogen) atoms. The van der Waals surface area contributed by atoms with Gasteiger partial charge < -0.3 is 5.11 Å². The summed E-state index contributed by atoms with van der Waals surface area (Å²) in [5, 5.41) is 10.4. The van der Waals surface area contributed by atoms with Crippen molar-refractivity contribution in [2.75, 3.05) is 0 Å². The maximum Gasteiger partial charge on any atom is 0.143 e. The molecule has 0 unspecified atom stereocenters. The molecule has 0 aliphatic heterocycles. The predicted octanol–water partition coefficient (Wildman–Crippen LogP) is 4.72. The third-order valence-electron chi connectivity index (χ3n) is 6.35. The number of aromatic hydroxyl groups is 1. The van der Waals surface area contributed by atoms with Crippen molar-refractivity contribution < 1.29 is 9.90 Å². The minimum absolute atomic E-state index is 0.187. The maximum absolute atomic E-state index is 12.8. The second-order valence-electron chi connectivity index (χ2n) is 8.43. The average molecular weight is 300 g/mol. The van der Waals surface area contributed by atoms with E-state index in [0.717, 1.165) is 30.4 Å². The molecule has 2 atom stereocenters. The number of Topliss-reactive ketones (excluding diaryl/α,β-unsaturated/α-hetero) is 1. The number of aryl methyl sites for hydroxylation is 1. The molecule has 1 aromatic carbocycles. The Hall–Kier alpha value is -1.31. The van der Waals surface area contributed by atoms with Crippen molar-refractivity contribution in [3.8, 4) is 5.75 Å². The Morgan fingerprint density at radius 1 is 1.18 bits per heavy atom. The van der Waals surface area contributed by atoms with Gasteiger partial charge in [0.15, 0.2) is 0 Å². The third-order valence-corrected chi connectivity index (χ3v) is 6.35. The Labute approximate surface area is 133 Å². The molecule has 3 rings (SSSR count). The Balaban J connectivity index is 2.19. The van der Waals surface area contributed by atoms with Crippen LogP contribution in [0.1, 0.15) is 76.5 Å². The van der Waals surface area contributed by atoms with Gasteiger partial charge >= 0.3 is 0 Å². The van der Waals surface area contributed by atoms with Crippen molar-refractivity contribution in [1.82, 2.24) is 0 Å². The van der Waals surface area contributed by atoms with E-state index in [1.54, 1.807) is 0 Å². The molecule has 2 aliphatic carbocycles. The summed E-state index contributed by atoms with van der Waals surface area (Å²) < 4.78 is 0. The van der Waals surface area contributed by atoms with Crippen LogP contribution < -0.4 is 0 Å². The van der Waals surface area contributed by atoms with Crippen molar-refractivity contribution in [1.29, 1.82) is 0 Å². The summed E-state index contributed by atoms with van der Waals surface area (Å²) in [6.07, 6.45) is 3.74. The van der Waals surface area contributed by atoms with Gasteiger partial charge in [-0.25, -0.2) is 0 Å². The largest absolute Gasteiger partial charge is 0.508 e. The molecule has 0 saturated heterocycles. The topological polar surface area (TPSA) is 37.3 Å². The number of carbonyl (C=O) groups excluding carboxylic acids is 1. The lowest BCUT2D eigenvalue weighted by molar-refractivity contribution is -0.134. The molecule has 0 bridgehead atoms. The molecule has 0 spiro atoms. The van der Waals surface area contributed by atoms with Crippen molar-refractivity contribution in [3.05, 3.63) is 28.8 Å². The number of hydrogen-bond acceptors (Lipinski definition) is 2. The average Bonchev–Trinajstić information content (AvgIpc) is 2.43. The van der Waals surface area contributed by atoms with Gasteiger partial charge in [-0.3, -0.25) is 4.79 Å². The lowest BCUT2D eigenvalue weighted by Crippen LogP contribution is -2.53. The molecule has 1 saturated carbocycles. The van der Waals surface area contributed by atoms with E-state index >= 15 is 0 Å². The molecule has 1 fully saturated rings. The zero-order chi connectivity index (χ0) is 16.3. The van der Waals surface area contributed by atoms with Crippen molar-refractivity contribution in [3.63, 3.8) is 0 Å². The molecule has 2 heteroatoms. The summed E-state index contributed by atoms with van der Waals surface area (Å²) >= 11 is 0. The fourth-order valence-corrected chi connectivity index (χ4v) is 4.97. The predicted molar refractivity (Wildman–Crippen MR) is 89.4 cm³/mol. The number of ketones is 1. The van der Waals surface area contributed by atoms with E-state index in [9.17, 15) is 9.90 Å². The van der Waals surface area contributed by atoms with Gasteiger partial charge in [0.2, 0.25) is 0 Å². The number of hydrogen-bond donors (Lipinski definition) is 1. The SMILES string of the molecule is CC(C)c1cc2c(cc1O)[C@@]1(C)C(=O)CCC(C)(C)[C@@H]1CC2. The number of phenolic OH excluding ortho intramolecular Hbond substituents is 1. The summed E-state index contributed by atoms with van der Waals surface area (Å²) in [6.45, 7) is 10.9. The summed E-state index contributed by atoms with van der Waals surface area (Å²) in [4.78, 5) is 12.8. The molecule has 0 heterocycles. The monoisotopic (exact) mass is 300 g/mol. The summed E-state index contributed by atoms with van der Waals surface area (Å²) in [6, 6.07) is 4.04. The first-order valence-corrected chi connectivity index (χ1v) is 8.57. The molecular weight excluding hydrogens is 272 g/mol. The lowest BCUT2D eigenvalue weighted by Gasteiger charge is -2.53. The minimum atomic E-state index is -0.428. The Kier molecular flexibility index (Phi) is 3.43. The molecule has 1 aromatic rings. The van der Waals surface area contributed by atoms with Gasteiger partial charge in [0.1, 0.15) is 11.5 Å². The van der Waals surface area contributed by atoms with Crippen LogP contribution in [-0.2, 0) is 16.6 Å². The quantitative estimate of drug-likeness (QED) is 0.814. The van der Waals surface area contributed by atoms with Gasteiger partial charge in [0.25, 0.3) is 0 Å². The van der Waals surface area contributed by atoms with Crippen LogP contribution in [0.2, 0.25) is 0 Å². The standard InChI is InChI=1S/C20H28O2/c1-12(2)14-10-13-6-7-17-19(3,4)9-8-18(22)20(17,5)15(13)11-16(14)21/h10-12,17,21H,6-9H2,1-5H3/t17-,20+/m0/s1. The molecule has 2 aliphatic rings. The highest BCUT2D eigenvalue weighted by Gasteiger charge is 2.54. The minimum Gasteiger partial charge on any atom is -0.508 e. The van der Waals surface area contributed by atoms with E-state index in [1.165, 1.54) is 5.56 Å². The van der Waals surface area contributed by atoms with Crippen LogP contribution in [0.4, 0.5) is 0 Å². The second-order valence-corrected chi connectivity index (χ2v) is 8.43. The van der Waals surface area contributed by atoms with E-state index in [-0.39, 0.29) is 5.41 Å². The molecule has 0 amide bonds. The van der Waals surface area contributed by atoms with E-state index in [1.807, 2.05) is 6.07 Å². The first-order valence-electron chi connectivity index (χ1n) is 8.57. The summed E-state index contributed by atoms with van der Waals surface area (Å²) in [5.74, 6) is 1.38. The number of phenols is 1. The number of rotatable bonds is 1. The molecule has 2 nitrogen and oxygen atoms in total. The number of carbonyl (C=O) groups is 1. The van der Waals surface area contributed by atoms with E-state index in [0.29, 0.717) is 29.8 Å². The molecule has 0 radical (unpaired) electrons. The van der Waals surface area contributed by atoms with Crippen LogP contribution in [-0.4, -0.2) is 10.9 Å². The van der Waals surface area contributed by atoms with Crippen LogP contribution >= 0.6 is 0 Å². The van der Waals surface area contributed by atoms with Crippen molar-refractivity contribution >= 4 is 5.78 Å². The van der Waals surface area contributed by atoms with E-state index in [2.05, 4.69) is 40.7 Å². The van der Waals surface area contributed by atoms with Gasteiger partial charge in [-0.1, -0.05) is 33.8 Å². The lowest BCUT2D eigenvalue weighted by atomic mass is 9.50. The fraction of sp³-hybridized carbons (Fsp3) is 0.650. The smallest absolute Gasteiger partial charge is 0.143 e. The third kappa shape index (κ3) is 2.03. The zero-order valence-electron chi connectivity index (χ0n) is 14.5. The van der Waals surface area contributed by atoms with Gasteiger partial charge in [0.05, 0.1) is 5.41 Å². The number of benzene rings is 1. The number of fused-ring (bicyclic) bond motifs is 3. The highest BCUT2D eigenvalue weighted by molar-refractivity contribution is 5.92. The Bertz CT molecular complexity index is 627. The molecule has 120 valence electrons. The van der Waals surface area contributed by atoms with Gasteiger partial charge in [-0.2, -0.15) is 0 Å². The second kappa shape index (κ2) is 4.84. The fourth-order valence-electron chi connectivity index (χ4n) is 4.97. The van der Waals surface area contributed by atoms with Gasteiger partial charge in [-0.15, -0.1) is 0 Å². The van der Waals surface area contributed by atoms with Gasteiger partial charge in [-0.05, 0) is 66.2 Å². The Morgan fingerprint density at radius 2 is 1.86 bits per heavy atom. The maximum atomic E-state index is 12.8. The first-order chi connectivity index (χ1) is 10.2. The summed E-state index contributed by atoms with van der Waals surface area (Å²) in [5.41, 5.74) is 3.12. The Morgan fingerprint density at radius 3 is 2.50 bits per heavy atom. The van der Waals surface area contributed by atoms with Crippen LogP contribution in [0.5, 0.6) is 5.75 Å². The highest BCUT2D eigenvalue weighted by atomic mass is 16.3. The molecule has 1 N–H and O–H groups in total. The van der Waals surface area contributed by atoms with Crippen LogP contribution in [0.15, 0.2) is 12.1 Å². The first kappa shape index (κ1) is 15.6. The van der Waals surface area contributed by atoms with Crippen LogP contribution in [0, 0.1) is 11.3 Å². The van der Waals surface area contributed by atoms with Crippen molar-refractivity contribution in [2.24, 2.45) is 11.3 Å². The van der Waals surface area contributed by atoms with Crippen LogP contribution in [0.3, 0.4) is 0 Å². The van der Waals surface area contributed by atoms with Crippen molar-refractivity contribution in [2.45, 2.75) is 71.6 Å². The summed E-state index contributed by atoms with van der Waals surface area (Å²) in [7, 11) is 0. The van der Waals surface area contributed by atoms with Crippen LogP contribution in [0.25, 0.3) is 0 Å². The van der Waals surface area contributed by atoms with Gasteiger partial charge in [0, 0.05) is 6.42 Å². The van der Waals surface area contributed by atoms with E-state index < -0.39 is 5.41 Å². The van der Waals surface area contributed by atoms with E-state index in [4.69, 9.17) is 0 Å².